The predicted molar refractivity (Wildman–Crippen MR) is 113 cm³/mol. The highest BCUT2D eigenvalue weighted by Crippen LogP contribution is 2.35. The van der Waals surface area contributed by atoms with Gasteiger partial charge in [-0.15, -0.1) is 0 Å². The van der Waals surface area contributed by atoms with Crippen LogP contribution in [0.2, 0.25) is 0 Å². The fourth-order valence-electron chi connectivity index (χ4n) is 3.15. The van der Waals surface area contributed by atoms with E-state index in [0.717, 1.165) is 11.1 Å². The summed E-state index contributed by atoms with van der Waals surface area (Å²) in [5, 5.41) is 0.550. The van der Waals surface area contributed by atoms with E-state index >= 15 is 0 Å². The van der Waals surface area contributed by atoms with Crippen LogP contribution in [0.4, 0.5) is 0 Å². The largest absolute Gasteiger partial charge is 0.485 e. The molecule has 0 aliphatic heterocycles. The summed E-state index contributed by atoms with van der Waals surface area (Å²) in [5.41, 5.74) is 8.04. The number of carbonyl (C=O) groups is 2. The minimum atomic E-state index is -1.01. The number of carbonyl (C=O) groups excluding carboxylic acids is 2. The SMILES string of the molecule is NC(=O)C(=O)c1c[nH]c2cc(OCc3ccccc3)c(OCc3ccccc3)cc12. The third-order valence-electron chi connectivity index (χ3n) is 4.69. The number of amides is 1. The Labute approximate surface area is 173 Å². The summed E-state index contributed by atoms with van der Waals surface area (Å²) in [5.74, 6) is -0.761. The van der Waals surface area contributed by atoms with Gasteiger partial charge in [0, 0.05) is 17.6 Å². The van der Waals surface area contributed by atoms with Crippen LogP contribution in [0.3, 0.4) is 0 Å². The van der Waals surface area contributed by atoms with E-state index in [1.165, 1.54) is 6.20 Å². The van der Waals surface area contributed by atoms with Crippen molar-refractivity contribution >= 4 is 22.6 Å². The maximum atomic E-state index is 12.1. The van der Waals surface area contributed by atoms with Gasteiger partial charge in [0.15, 0.2) is 11.5 Å². The number of aromatic nitrogens is 1. The van der Waals surface area contributed by atoms with Crippen molar-refractivity contribution in [3.63, 3.8) is 0 Å². The highest BCUT2D eigenvalue weighted by molar-refractivity contribution is 6.44. The molecule has 0 bridgehead atoms. The van der Waals surface area contributed by atoms with Crippen LogP contribution in [0, 0.1) is 0 Å². The number of aromatic amines is 1. The minimum absolute atomic E-state index is 0.205. The summed E-state index contributed by atoms with van der Waals surface area (Å²) in [7, 11) is 0. The molecule has 1 heterocycles. The van der Waals surface area contributed by atoms with E-state index in [1.54, 1.807) is 12.1 Å². The van der Waals surface area contributed by atoms with Gasteiger partial charge in [-0.3, -0.25) is 9.59 Å². The number of benzene rings is 3. The van der Waals surface area contributed by atoms with E-state index in [9.17, 15) is 9.59 Å². The van der Waals surface area contributed by atoms with Gasteiger partial charge >= 0.3 is 0 Å². The first-order valence-corrected chi connectivity index (χ1v) is 9.44. The second kappa shape index (κ2) is 8.53. The Morgan fingerprint density at radius 3 is 1.87 bits per heavy atom. The Kier molecular flexibility index (Phi) is 5.48. The van der Waals surface area contributed by atoms with Crippen LogP contribution in [0.5, 0.6) is 11.5 Å². The van der Waals surface area contributed by atoms with Crippen LogP contribution < -0.4 is 15.2 Å². The van der Waals surface area contributed by atoms with Crippen molar-refractivity contribution in [1.29, 1.82) is 0 Å². The van der Waals surface area contributed by atoms with Gasteiger partial charge in [-0.1, -0.05) is 60.7 Å². The Morgan fingerprint density at radius 1 is 0.800 bits per heavy atom. The molecule has 4 rings (SSSR count). The number of hydrogen-bond donors (Lipinski definition) is 2. The van der Waals surface area contributed by atoms with Crippen LogP contribution in [-0.4, -0.2) is 16.7 Å². The van der Waals surface area contributed by atoms with E-state index in [1.807, 2.05) is 60.7 Å². The number of Topliss-reactive ketones (excluding diaryl/α,β-unsaturated/α-hetero) is 1. The number of ketones is 1. The second-order valence-corrected chi connectivity index (χ2v) is 6.79. The number of nitrogens with one attached hydrogen (secondary N) is 1. The number of hydrogen-bond acceptors (Lipinski definition) is 4. The van der Waals surface area contributed by atoms with Crippen LogP contribution in [0.1, 0.15) is 21.5 Å². The average molecular weight is 400 g/mol. The Balaban J connectivity index is 1.68. The summed E-state index contributed by atoms with van der Waals surface area (Å²) in [6, 6.07) is 23.0. The fourth-order valence-corrected chi connectivity index (χ4v) is 3.15. The number of ether oxygens (including phenoxy) is 2. The second-order valence-electron chi connectivity index (χ2n) is 6.79. The molecule has 6 heteroatoms. The van der Waals surface area contributed by atoms with Gasteiger partial charge in [-0.2, -0.15) is 0 Å². The van der Waals surface area contributed by atoms with Crippen molar-refractivity contribution in [2.75, 3.05) is 0 Å². The molecule has 1 amide bonds. The quantitative estimate of drug-likeness (QED) is 0.345. The van der Waals surface area contributed by atoms with E-state index < -0.39 is 11.7 Å². The molecule has 30 heavy (non-hydrogen) atoms. The zero-order chi connectivity index (χ0) is 20.9. The normalized spacial score (nSPS) is 10.7. The lowest BCUT2D eigenvalue weighted by Gasteiger charge is -2.14. The van der Waals surface area contributed by atoms with E-state index in [4.69, 9.17) is 15.2 Å². The number of nitrogens with two attached hydrogens (primary N) is 1. The summed E-state index contributed by atoms with van der Waals surface area (Å²) in [4.78, 5) is 26.5. The molecule has 0 radical (unpaired) electrons. The lowest BCUT2D eigenvalue weighted by atomic mass is 10.1. The first-order chi connectivity index (χ1) is 14.6. The van der Waals surface area contributed by atoms with Gasteiger partial charge in [0.05, 0.1) is 11.1 Å². The minimum Gasteiger partial charge on any atom is -0.485 e. The van der Waals surface area contributed by atoms with Gasteiger partial charge in [0.2, 0.25) is 0 Å². The zero-order valence-corrected chi connectivity index (χ0v) is 16.1. The molecule has 0 spiro atoms. The standard InChI is InChI=1S/C24H20N2O4/c25-24(28)23(27)19-13-26-20-12-22(30-15-17-9-5-2-6-10-17)21(11-18(19)20)29-14-16-7-3-1-4-8-16/h1-13,26H,14-15H2,(H2,25,28). The molecule has 150 valence electrons. The molecule has 0 fully saturated rings. The summed E-state index contributed by atoms with van der Waals surface area (Å²) < 4.78 is 12.0. The van der Waals surface area contributed by atoms with Crippen molar-refractivity contribution in [2.45, 2.75) is 13.2 Å². The molecule has 0 unspecified atom stereocenters. The molecule has 3 N–H and O–H groups in total. The van der Waals surface area contributed by atoms with Crippen LogP contribution in [0.25, 0.3) is 10.9 Å². The fraction of sp³-hybridized carbons (Fsp3) is 0.0833. The maximum Gasteiger partial charge on any atom is 0.289 e. The van der Waals surface area contributed by atoms with Gasteiger partial charge in [-0.25, -0.2) is 0 Å². The van der Waals surface area contributed by atoms with Crippen LogP contribution in [-0.2, 0) is 18.0 Å². The molecule has 4 aromatic rings. The van der Waals surface area contributed by atoms with Crippen LogP contribution in [0.15, 0.2) is 79.0 Å². The van der Waals surface area contributed by atoms with Gasteiger partial charge in [0.1, 0.15) is 13.2 Å². The molecule has 0 saturated heterocycles. The van der Waals surface area contributed by atoms with Crippen molar-refractivity contribution in [3.8, 4) is 11.5 Å². The lowest BCUT2D eigenvalue weighted by molar-refractivity contribution is -0.114. The third kappa shape index (κ3) is 4.17. The maximum absolute atomic E-state index is 12.1. The monoisotopic (exact) mass is 400 g/mol. The van der Waals surface area contributed by atoms with E-state index in [0.29, 0.717) is 35.6 Å². The van der Waals surface area contributed by atoms with Gasteiger partial charge in [0.25, 0.3) is 11.7 Å². The smallest absolute Gasteiger partial charge is 0.289 e. The molecular weight excluding hydrogens is 380 g/mol. The van der Waals surface area contributed by atoms with Gasteiger partial charge in [-0.05, 0) is 17.2 Å². The van der Waals surface area contributed by atoms with Crippen molar-refractivity contribution in [3.05, 3.63) is 95.7 Å². The highest BCUT2D eigenvalue weighted by atomic mass is 16.5. The Bertz CT molecular complexity index is 1180. The first kappa shape index (κ1) is 19.3. The first-order valence-electron chi connectivity index (χ1n) is 9.44. The third-order valence-corrected chi connectivity index (χ3v) is 4.69. The summed E-state index contributed by atoms with van der Waals surface area (Å²) in [6.07, 6.45) is 1.47. The molecule has 3 aromatic carbocycles. The topological polar surface area (TPSA) is 94.4 Å². The number of fused-ring (bicyclic) bond motifs is 1. The molecule has 0 saturated carbocycles. The van der Waals surface area contributed by atoms with E-state index in [-0.39, 0.29) is 5.56 Å². The molecule has 0 aliphatic rings. The predicted octanol–water partition coefficient (Wildman–Crippen LogP) is 3.99. The lowest BCUT2D eigenvalue weighted by Crippen LogP contribution is -2.22. The molecular formula is C24H20N2O4. The van der Waals surface area contributed by atoms with E-state index in [2.05, 4.69) is 4.98 Å². The number of primary amides is 1. The molecule has 0 atom stereocenters. The summed E-state index contributed by atoms with van der Waals surface area (Å²) >= 11 is 0. The van der Waals surface area contributed by atoms with Crippen molar-refractivity contribution in [1.82, 2.24) is 4.98 Å². The Hall–Kier alpha value is -4.06. The molecule has 6 nitrogen and oxygen atoms in total. The molecule has 1 aromatic heterocycles. The van der Waals surface area contributed by atoms with Crippen molar-refractivity contribution in [2.24, 2.45) is 5.73 Å². The number of H-pyrrole nitrogens is 1. The highest BCUT2D eigenvalue weighted by Gasteiger charge is 2.19. The average Bonchev–Trinajstić information content (AvgIpc) is 3.19. The van der Waals surface area contributed by atoms with Gasteiger partial charge < -0.3 is 20.2 Å². The Morgan fingerprint density at radius 2 is 1.33 bits per heavy atom. The van der Waals surface area contributed by atoms with Crippen molar-refractivity contribution < 1.29 is 19.1 Å². The summed E-state index contributed by atoms with van der Waals surface area (Å²) in [6.45, 7) is 0.694. The number of rotatable bonds is 8. The zero-order valence-electron chi connectivity index (χ0n) is 16.1. The van der Waals surface area contributed by atoms with Crippen LogP contribution >= 0.6 is 0 Å². The molecule has 0 aliphatic carbocycles.